The monoisotopic (exact) mass is 411 g/mol. The zero-order valence-electron chi connectivity index (χ0n) is 16.6. The Labute approximate surface area is 173 Å². The van der Waals surface area contributed by atoms with Crippen LogP contribution in [0.25, 0.3) is 5.57 Å². The number of methoxy groups -OCH3 is 1. The van der Waals surface area contributed by atoms with E-state index in [9.17, 15) is 19.7 Å². The number of nitro groups is 1. The fourth-order valence-electron chi connectivity index (χ4n) is 3.32. The average molecular weight is 411 g/mol. The lowest BCUT2D eigenvalue weighted by atomic mass is 9.90. The normalized spacial score (nSPS) is 15.1. The minimum atomic E-state index is -1.15. The van der Waals surface area contributed by atoms with Gasteiger partial charge in [-0.05, 0) is 37.3 Å². The Morgan fingerprint density at radius 3 is 2.47 bits per heavy atom. The van der Waals surface area contributed by atoms with E-state index in [0.29, 0.717) is 22.6 Å². The molecule has 0 unspecified atom stereocenters. The van der Waals surface area contributed by atoms with Crippen LogP contribution in [0.4, 0.5) is 0 Å². The van der Waals surface area contributed by atoms with Crippen LogP contribution in [0.2, 0.25) is 0 Å². The van der Waals surface area contributed by atoms with E-state index in [-0.39, 0.29) is 36.5 Å². The van der Waals surface area contributed by atoms with Gasteiger partial charge in [0.1, 0.15) is 11.5 Å². The van der Waals surface area contributed by atoms with Crippen LogP contribution in [0.15, 0.2) is 54.2 Å². The molecule has 0 saturated carbocycles. The average Bonchev–Trinajstić information content (AvgIpc) is 2.73. The van der Waals surface area contributed by atoms with Gasteiger partial charge in [-0.25, -0.2) is 0 Å². The molecule has 0 aliphatic carbocycles. The van der Waals surface area contributed by atoms with E-state index < -0.39 is 17.0 Å². The molecule has 8 nitrogen and oxygen atoms in total. The molecule has 0 amide bonds. The van der Waals surface area contributed by atoms with Crippen molar-refractivity contribution >= 4 is 17.3 Å². The molecule has 0 radical (unpaired) electrons. The van der Waals surface area contributed by atoms with Crippen molar-refractivity contribution in [2.45, 2.75) is 25.9 Å². The van der Waals surface area contributed by atoms with Gasteiger partial charge in [0.25, 0.3) is 5.70 Å². The largest absolute Gasteiger partial charge is 0.497 e. The number of esters is 1. The third kappa shape index (κ3) is 4.48. The van der Waals surface area contributed by atoms with Crippen molar-refractivity contribution in [1.29, 1.82) is 0 Å². The first-order chi connectivity index (χ1) is 14.4. The summed E-state index contributed by atoms with van der Waals surface area (Å²) in [4.78, 5) is 36.2. The second-order valence-electron chi connectivity index (χ2n) is 6.56. The highest BCUT2D eigenvalue weighted by Gasteiger charge is 2.39. The first-order valence-corrected chi connectivity index (χ1v) is 9.41. The van der Waals surface area contributed by atoms with Crippen LogP contribution in [0, 0.1) is 10.1 Å². The molecule has 8 heteroatoms. The van der Waals surface area contributed by atoms with Gasteiger partial charge in [0.05, 0.1) is 25.1 Å². The van der Waals surface area contributed by atoms with E-state index in [1.807, 2.05) is 0 Å². The number of ether oxygens (including phenoxy) is 3. The fourth-order valence-corrected chi connectivity index (χ4v) is 3.32. The topological polar surface area (TPSA) is 105 Å². The molecule has 0 bridgehead atoms. The van der Waals surface area contributed by atoms with E-state index in [2.05, 4.69) is 0 Å². The number of allylic oxidation sites excluding steroid dienone is 1. The predicted octanol–water partition coefficient (Wildman–Crippen LogP) is 3.67. The van der Waals surface area contributed by atoms with Crippen molar-refractivity contribution in [1.82, 2.24) is 0 Å². The SMILES string of the molecule is CCOC(=O)C[C@@H]1Oc2ccccc2C(CC(=O)c2ccc(OC)cc2)=C1[N+](=O)[O-]. The number of Topliss-reactive ketones (excluding diaryl/α,β-unsaturated/α-hetero) is 1. The molecule has 0 saturated heterocycles. The standard InChI is InChI=1S/C22H21NO7/c1-3-29-21(25)13-20-22(23(26)27)17(16-6-4-5-7-19(16)30-20)12-18(24)14-8-10-15(28-2)11-9-14/h4-11,20H,3,12-13H2,1-2H3/t20-/m0/s1. The van der Waals surface area contributed by atoms with Crippen LogP contribution >= 0.6 is 0 Å². The lowest BCUT2D eigenvalue weighted by molar-refractivity contribution is -0.434. The summed E-state index contributed by atoms with van der Waals surface area (Å²) in [6.07, 6.45) is -1.67. The maximum Gasteiger partial charge on any atom is 0.310 e. The van der Waals surface area contributed by atoms with Crippen LogP contribution in [0.1, 0.15) is 35.7 Å². The lowest BCUT2D eigenvalue weighted by Gasteiger charge is -2.25. The Kier molecular flexibility index (Phi) is 6.46. The first kappa shape index (κ1) is 21.0. The quantitative estimate of drug-likeness (QED) is 0.282. The van der Waals surface area contributed by atoms with Gasteiger partial charge in [0.15, 0.2) is 11.9 Å². The molecule has 0 aromatic heterocycles. The number of benzene rings is 2. The van der Waals surface area contributed by atoms with Gasteiger partial charge in [0, 0.05) is 23.1 Å². The Balaban J connectivity index is 2.01. The minimum absolute atomic E-state index is 0.155. The number of para-hydroxylation sites is 1. The molecule has 1 aliphatic rings. The van der Waals surface area contributed by atoms with Crippen LogP contribution < -0.4 is 9.47 Å². The third-order valence-corrected chi connectivity index (χ3v) is 4.70. The van der Waals surface area contributed by atoms with E-state index in [1.54, 1.807) is 55.5 Å². The molecule has 0 N–H and O–H groups in total. The number of carbonyl (C=O) groups excluding carboxylic acids is 2. The minimum Gasteiger partial charge on any atom is -0.497 e. The van der Waals surface area contributed by atoms with Crippen molar-refractivity contribution < 1.29 is 28.7 Å². The smallest absolute Gasteiger partial charge is 0.310 e. The summed E-state index contributed by atoms with van der Waals surface area (Å²) in [5.41, 5.74) is 0.795. The first-order valence-electron chi connectivity index (χ1n) is 9.41. The van der Waals surface area contributed by atoms with Gasteiger partial charge < -0.3 is 14.2 Å². The van der Waals surface area contributed by atoms with E-state index in [0.717, 1.165) is 0 Å². The Morgan fingerprint density at radius 1 is 1.13 bits per heavy atom. The van der Waals surface area contributed by atoms with Crippen molar-refractivity contribution in [3.63, 3.8) is 0 Å². The van der Waals surface area contributed by atoms with Crippen LogP contribution in [0.3, 0.4) is 0 Å². The van der Waals surface area contributed by atoms with Gasteiger partial charge in [-0.2, -0.15) is 0 Å². The molecule has 2 aromatic rings. The van der Waals surface area contributed by atoms with Gasteiger partial charge in [-0.15, -0.1) is 0 Å². The Morgan fingerprint density at radius 2 is 1.83 bits per heavy atom. The van der Waals surface area contributed by atoms with E-state index in [4.69, 9.17) is 14.2 Å². The molecular formula is C22H21NO7. The number of fused-ring (bicyclic) bond motifs is 1. The molecular weight excluding hydrogens is 390 g/mol. The molecule has 156 valence electrons. The summed E-state index contributed by atoms with van der Waals surface area (Å²) in [5, 5.41) is 11.9. The fraction of sp³-hybridized carbons (Fsp3) is 0.273. The number of ketones is 1. The predicted molar refractivity (Wildman–Crippen MR) is 108 cm³/mol. The van der Waals surface area contributed by atoms with Crippen molar-refractivity contribution in [2.24, 2.45) is 0 Å². The van der Waals surface area contributed by atoms with Crippen LogP contribution in [-0.4, -0.2) is 36.5 Å². The van der Waals surface area contributed by atoms with Crippen LogP contribution in [0.5, 0.6) is 11.5 Å². The summed E-state index contributed by atoms with van der Waals surface area (Å²) in [5.74, 6) is 0.0817. The molecule has 3 rings (SSSR count). The second-order valence-corrected chi connectivity index (χ2v) is 6.56. The highest BCUT2D eigenvalue weighted by atomic mass is 16.6. The molecule has 2 aromatic carbocycles. The maximum atomic E-state index is 12.9. The highest BCUT2D eigenvalue weighted by Crippen LogP contribution is 2.39. The van der Waals surface area contributed by atoms with Crippen LogP contribution in [-0.2, 0) is 9.53 Å². The van der Waals surface area contributed by atoms with Gasteiger partial charge in [0.2, 0.25) is 0 Å². The Hall–Kier alpha value is -3.68. The summed E-state index contributed by atoms with van der Waals surface area (Å²) in [6.45, 7) is 1.81. The number of carbonyl (C=O) groups is 2. The maximum absolute atomic E-state index is 12.9. The number of hydrogen-bond acceptors (Lipinski definition) is 7. The third-order valence-electron chi connectivity index (χ3n) is 4.70. The van der Waals surface area contributed by atoms with E-state index >= 15 is 0 Å². The Bertz CT molecular complexity index is 995. The zero-order valence-corrected chi connectivity index (χ0v) is 16.6. The van der Waals surface area contributed by atoms with E-state index in [1.165, 1.54) is 7.11 Å². The zero-order chi connectivity index (χ0) is 21.7. The summed E-state index contributed by atoms with van der Waals surface area (Å²) < 4.78 is 15.8. The second kappa shape index (κ2) is 9.21. The molecule has 30 heavy (non-hydrogen) atoms. The molecule has 0 spiro atoms. The summed E-state index contributed by atoms with van der Waals surface area (Å²) >= 11 is 0. The van der Waals surface area contributed by atoms with Gasteiger partial charge in [-0.3, -0.25) is 19.7 Å². The van der Waals surface area contributed by atoms with Gasteiger partial charge >= 0.3 is 5.97 Å². The molecule has 1 aliphatic heterocycles. The van der Waals surface area contributed by atoms with Crippen molar-refractivity contribution in [3.8, 4) is 11.5 Å². The highest BCUT2D eigenvalue weighted by molar-refractivity contribution is 6.03. The number of nitrogens with zero attached hydrogens (tertiary/aromatic N) is 1. The molecule has 1 heterocycles. The summed E-state index contributed by atoms with van der Waals surface area (Å²) in [6, 6.07) is 13.3. The summed E-state index contributed by atoms with van der Waals surface area (Å²) in [7, 11) is 1.52. The number of hydrogen-bond donors (Lipinski definition) is 0. The van der Waals surface area contributed by atoms with Gasteiger partial charge in [-0.1, -0.05) is 18.2 Å². The van der Waals surface area contributed by atoms with Crippen molar-refractivity contribution in [2.75, 3.05) is 13.7 Å². The lowest BCUT2D eigenvalue weighted by Crippen LogP contribution is -2.32. The number of rotatable bonds is 8. The van der Waals surface area contributed by atoms with Crippen molar-refractivity contribution in [3.05, 3.63) is 75.5 Å². The molecule has 1 atom stereocenters. The molecule has 0 fully saturated rings.